The first-order valence-electron chi connectivity index (χ1n) is 7.27. The third-order valence-corrected chi connectivity index (χ3v) is 4.40. The maximum Gasteiger partial charge on any atom is 0.223 e. The van der Waals surface area contributed by atoms with Crippen molar-refractivity contribution in [3.8, 4) is 0 Å². The number of amides is 1. The summed E-state index contributed by atoms with van der Waals surface area (Å²) in [6.07, 6.45) is 4.28. The zero-order valence-electron chi connectivity index (χ0n) is 11.1. The van der Waals surface area contributed by atoms with E-state index in [1.54, 1.807) is 0 Å². The molecule has 2 unspecified atom stereocenters. The molecule has 1 aromatic rings. The molecule has 1 amide bonds. The predicted molar refractivity (Wildman–Crippen MR) is 73.7 cm³/mol. The molecule has 0 aromatic heterocycles. The van der Waals surface area contributed by atoms with Crippen molar-refractivity contribution in [2.75, 3.05) is 0 Å². The number of aliphatic hydroxyl groups is 1. The smallest absolute Gasteiger partial charge is 0.223 e. The minimum Gasteiger partial charge on any atom is -0.393 e. The molecule has 0 aliphatic heterocycles. The molecule has 2 N–H and O–H groups in total. The van der Waals surface area contributed by atoms with E-state index in [2.05, 4.69) is 17.4 Å². The number of nitrogens with one attached hydrogen (secondary N) is 1. The molecule has 0 saturated heterocycles. The van der Waals surface area contributed by atoms with Crippen LogP contribution in [0.4, 0.5) is 0 Å². The average molecular weight is 259 g/mol. The molecule has 19 heavy (non-hydrogen) atoms. The van der Waals surface area contributed by atoms with Crippen LogP contribution in [0.25, 0.3) is 0 Å². The van der Waals surface area contributed by atoms with Gasteiger partial charge in [-0.3, -0.25) is 4.79 Å². The fourth-order valence-electron chi connectivity index (χ4n) is 3.08. The number of hydrogen-bond donors (Lipinski definition) is 2. The minimum absolute atomic E-state index is 0.161. The van der Waals surface area contributed by atoms with Gasteiger partial charge in [0.15, 0.2) is 0 Å². The molecule has 102 valence electrons. The Morgan fingerprint density at radius 2 is 1.79 bits per heavy atom. The summed E-state index contributed by atoms with van der Waals surface area (Å²) >= 11 is 0. The maximum absolute atomic E-state index is 12.2. The van der Waals surface area contributed by atoms with E-state index in [-0.39, 0.29) is 24.0 Å². The first kappa shape index (κ1) is 12.7. The molecule has 3 heteroatoms. The molecule has 2 fully saturated rings. The van der Waals surface area contributed by atoms with Crippen LogP contribution in [0.3, 0.4) is 0 Å². The third-order valence-electron chi connectivity index (χ3n) is 4.40. The Kier molecular flexibility index (Phi) is 3.56. The largest absolute Gasteiger partial charge is 0.393 e. The Hall–Kier alpha value is -1.35. The Balaban J connectivity index is 1.50. The Labute approximate surface area is 114 Å². The summed E-state index contributed by atoms with van der Waals surface area (Å²) in [5.74, 6) is 0.778. The van der Waals surface area contributed by atoms with Crippen LogP contribution in [0.5, 0.6) is 0 Å². The molecule has 1 aromatic carbocycles. The van der Waals surface area contributed by atoms with Crippen LogP contribution >= 0.6 is 0 Å². The number of carbonyl (C=O) groups excluding carboxylic acids is 1. The van der Waals surface area contributed by atoms with Crippen molar-refractivity contribution in [3.05, 3.63) is 35.9 Å². The molecule has 2 saturated carbocycles. The zero-order valence-corrected chi connectivity index (χ0v) is 11.1. The van der Waals surface area contributed by atoms with Crippen LogP contribution in [0.1, 0.15) is 43.6 Å². The van der Waals surface area contributed by atoms with Crippen molar-refractivity contribution in [2.24, 2.45) is 5.92 Å². The first-order valence-corrected chi connectivity index (χ1v) is 7.27. The molecule has 0 spiro atoms. The van der Waals surface area contributed by atoms with Gasteiger partial charge in [0.1, 0.15) is 0 Å². The van der Waals surface area contributed by atoms with Gasteiger partial charge >= 0.3 is 0 Å². The van der Waals surface area contributed by atoms with Crippen molar-refractivity contribution < 1.29 is 9.90 Å². The number of aliphatic hydroxyl groups excluding tert-OH is 1. The lowest BCUT2D eigenvalue weighted by Crippen LogP contribution is -2.39. The summed E-state index contributed by atoms with van der Waals surface area (Å²) in [6, 6.07) is 10.6. The number of hydrogen-bond acceptors (Lipinski definition) is 2. The van der Waals surface area contributed by atoms with Gasteiger partial charge < -0.3 is 10.4 Å². The maximum atomic E-state index is 12.2. The van der Waals surface area contributed by atoms with E-state index in [9.17, 15) is 9.90 Å². The monoisotopic (exact) mass is 259 g/mol. The fourth-order valence-corrected chi connectivity index (χ4v) is 3.08. The van der Waals surface area contributed by atoms with E-state index in [0.29, 0.717) is 5.92 Å². The molecule has 0 bridgehead atoms. The molecule has 2 aliphatic rings. The van der Waals surface area contributed by atoms with Crippen LogP contribution in [-0.2, 0) is 4.79 Å². The van der Waals surface area contributed by atoms with Crippen LogP contribution in [-0.4, -0.2) is 23.2 Å². The van der Waals surface area contributed by atoms with E-state index in [1.807, 2.05) is 18.2 Å². The number of benzene rings is 1. The van der Waals surface area contributed by atoms with E-state index >= 15 is 0 Å². The highest BCUT2D eigenvalue weighted by Gasteiger charge is 2.44. The summed E-state index contributed by atoms with van der Waals surface area (Å²) in [7, 11) is 0. The Bertz CT molecular complexity index is 437. The first-order chi connectivity index (χ1) is 9.24. The summed E-state index contributed by atoms with van der Waals surface area (Å²) in [5.41, 5.74) is 1.28. The van der Waals surface area contributed by atoms with Gasteiger partial charge in [-0.1, -0.05) is 30.3 Å². The van der Waals surface area contributed by atoms with Gasteiger partial charge in [-0.25, -0.2) is 0 Å². The topological polar surface area (TPSA) is 49.3 Å². The SMILES string of the molecule is O=C(NC1CCC(O)CC1)C1CC1c1ccccc1. The molecular formula is C16H21NO2. The van der Waals surface area contributed by atoms with Gasteiger partial charge in [0, 0.05) is 12.0 Å². The zero-order chi connectivity index (χ0) is 13.2. The molecule has 2 atom stereocenters. The van der Waals surface area contributed by atoms with Crippen molar-refractivity contribution in [1.82, 2.24) is 5.32 Å². The van der Waals surface area contributed by atoms with E-state index in [4.69, 9.17) is 0 Å². The number of carbonyl (C=O) groups is 1. The van der Waals surface area contributed by atoms with E-state index < -0.39 is 0 Å². The normalized spacial score (nSPS) is 33.7. The summed E-state index contributed by atoms with van der Waals surface area (Å²) in [4.78, 5) is 12.2. The van der Waals surface area contributed by atoms with Gasteiger partial charge in [-0.15, -0.1) is 0 Å². The van der Waals surface area contributed by atoms with Crippen LogP contribution in [0.15, 0.2) is 30.3 Å². The predicted octanol–water partition coefficient (Wildman–Crippen LogP) is 2.21. The molecule has 0 heterocycles. The Morgan fingerprint density at radius 3 is 2.47 bits per heavy atom. The fraction of sp³-hybridized carbons (Fsp3) is 0.562. The third kappa shape index (κ3) is 2.98. The lowest BCUT2D eigenvalue weighted by Gasteiger charge is -2.26. The molecule has 3 nitrogen and oxygen atoms in total. The lowest BCUT2D eigenvalue weighted by atomic mass is 9.93. The van der Waals surface area contributed by atoms with Gasteiger partial charge in [0.25, 0.3) is 0 Å². The van der Waals surface area contributed by atoms with Gasteiger partial charge in [0.2, 0.25) is 5.91 Å². The Morgan fingerprint density at radius 1 is 1.11 bits per heavy atom. The van der Waals surface area contributed by atoms with Gasteiger partial charge in [-0.2, -0.15) is 0 Å². The summed E-state index contributed by atoms with van der Waals surface area (Å²) in [5, 5.41) is 12.6. The van der Waals surface area contributed by atoms with Crippen molar-refractivity contribution >= 4 is 5.91 Å². The second-order valence-corrected chi connectivity index (χ2v) is 5.87. The van der Waals surface area contributed by atoms with Crippen LogP contribution in [0, 0.1) is 5.92 Å². The highest BCUT2D eigenvalue weighted by atomic mass is 16.3. The molecule has 3 rings (SSSR count). The van der Waals surface area contributed by atoms with Gasteiger partial charge in [0.05, 0.1) is 6.10 Å². The second kappa shape index (κ2) is 5.33. The standard InChI is InChI=1S/C16H21NO2/c18-13-8-6-12(7-9-13)17-16(19)15-10-14(15)11-4-2-1-3-5-11/h1-5,12-15,18H,6-10H2,(H,17,19). The highest BCUT2D eigenvalue weighted by Crippen LogP contribution is 2.47. The van der Waals surface area contributed by atoms with Crippen molar-refractivity contribution in [3.63, 3.8) is 0 Å². The quantitative estimate of drug-likeness (QED) is 0.874. The van der Waals surface area contributed by atoms with Crippen LogP contribution in [0.2, 0.25) is 0 Å². The lowest BCUT2D eigenvalue weighted by molar-refractivity contribution is -0.123. The summed E-state index contributed by atoms with van der Waals surface area (Å²) in [6.45, 7) is 0. The summed E-state index contributed by atoms with van der Waals surface area (Å²) < 4.78 is 0. The number of rotatable bonds is 3. The van der Waals surface area contributed by atoms with E-state index in [1.165, 1.54) is 5.56 Å². The van der Waals surface area contributed by atoms with Gasteiger partial charge in [-0.05, 0) is 43.6 Å². The van der Waals surface area contributed by atoms with Crippen molar-refractivity contribution in [2.45, 2.75) is 50.2 Å². The van der Waals surface area contributed by atoms with E-state index in [0.717, 1.165) is 32.1 Å². The average Bonchev–Trinajstić information content (AvgIpc) is 3.23. The van der Waals surface area contributed by atoms with Crippen molar-refractivity contribution in [1.29, 1.82) is 0 Å². The van der Waals surface area contributed by atoms with Crippen LogP contribution < -0.4 is 5.32 Å². The molecular weight excluding hydrogens is 238 g/mol. The molecule has 0 radical (unpaired) electrons. The molecule has 2 aliphatic carbocycles. The second-order valence-electron chi connectivity index (χ2n) is 5.87. The minimum atomic E-state index is -0.161. The highest BCUT2D eigenvalue weighted by molar-refractivity contribution is 5.83.